The van der Waals surface area contributed by atoms with Crippen LogP contribution in [0.1, 0.15) is 18.9 Å². The van der Waals surface area contributed by atoms with Crippen molar-refractivity contribution < 1.29 is 13.2 Å². The van der Waals surface area contributed by atoms with Crippen molar-refractivity contribution in [1.82, 2.24) is 10.0 Å². The molecular formula is C12H16ClN3O3S2. The first kappa shape index (κ1) is 17.8. The van der Waals surface area contributed by atoms with Crippen molar-refractivity contribution in [3.8, 4) is 0 Å². The number of nitrogens with one attached hydrogen (secondary N) is 2. The molecule has 0 radical (unpaired) electrons. The predicted molar refractivity (Wildman–Crippen MR) is 85.8 cm³/mol. The van der Waals surface area contributed by atoms with E-state index in [-0.39, 0.29) is 21.5 Å². The maximum atomic E-state index is 12.1. The van der Waals surface area contributed by atoms with Crippen LogP contribution in [-0.4, -0.2) is 32.4 Å². The van der Waals surface area contributed by atoms with Crippen LogP contribution in [0.4, 0.5) is 0 Å². The topological polar surface area (TPSA) is 101 Å². The molecule has 1 rings (SSSR count). The van der Waals surface area contributed by atoms with Crippen molar-refractivity contribution in [2.24, 2.45) is 5.73 Å². The van der Waals surface area contributed by atoms with Crippen molar-refractivity contribution >= 4 is 44.7 Å². The van der Waals surface area contributed by atoms with E-state index in [0.29, 0.717) is 12.1 Å². The Kier molecular flexibility index (Phi) is 6.53. The van der Waals surface area contributed by atoms with Crippen LogP contribution in [0.3, 0.4) is 0 Å². The number of hydrogen-bond acceptors (Lipinski definition) is 4. The third-order valence-electron chi connectivity index (χ3n) is 2.50. The summed E-state index contributed by atoms with van der Waals surface area (Å²) in [6.07, 6.45) is 0.764. The number of carbonyl (C=O) groups is 1. The molecule has 0 aliphatic rings. The molecule has 0 bridgehead atoms. The van der Waals surface area contributed by atoms with Gasteiger partial charge in [-0.2, -0.15) is 0 Å². The molecule has 0 aromatic heterocycles. The Bertz CT molecular complexity index is 647. The molecule has 1 aromatic carbocycles. The summed E-state index contributed by atoms with van der Waals surface area (Å²) in [5.74, 6) is -0.415. The lowest BCUT2D eigenvalue weighted by molar-refractivity contribution is -0.119. The molecule has 0 aliphatic heterocycles. The Morgan fingerprint density at radius 3 is 2.67 bits per heavy atom. The molecule has 1 aromatic rings. The molecule has 0 spiro atoms. The molecule has 0 saturated carbocycles. The molecule has 6 nitrogen and oxygen atoms in total. The van der Waals surface area contributed by atoms with Gasteiger partial charge in [0, 0.05) is 12.1 Å². The molecule has 21 heavy (non-hydrogen) atoms. The lowest BCUT2D eigenvalue weighted by atomic mass is 10.2. The highest BCUT2D eigenvalue weighted by atomic mass is 35.5. The second kappa shape index (κ2) is 7.69. The van der Waals surface area contributed by atoms with Crippen LogP contribution in [0.2, 0.25) is 5.02 Å². The van der Waals surface area contributed by atoms with E-state index in [1.807, 2.05) is 6.92 Å². The minimum Gasteiger partial charge on any atom is -0.389 e. The Balaban J connectivity index is 2.90. The minimum absolute atomic E-state index is 0.0245. The highest BCUT2D eigenvalue weighted by Gasteiger charge is 2.19. The summed E-state index contributed by atoms with van der Waals surface area (Å²) in [6, 6.07) is 4.19. The van der Waals surface area contributed by atoms with Crippen LogP contribution in [0.15, 0.2) is 23.1 Å². The van der Waals surface area contributed by atoms with Crippen LogP contribution in [0, 0.1) is 0 Å². The van der Waals surface area contributed by atoms with Gasteiger partial charge in [0.25, 0.3) is 0 Å². The van der Waals surface area contributed by atoms with Gasteiger partial charge in [-0.05, 0) is 18.6 Å². The standard InChI is InChI=1S/C12H16ClN3O3S2/c1-2-5-15-11(17)7-16-21(18,19)10-6-8(12(14)20)3-4-9(10)13/h3-4,6,16H,2,5,7H2,1H3,(H2,14,20)(H,15,17). The van der Waals surface area contributed by atoms with E-state index in [0.717, 1.165) is 6.42 Å². The maximum absolute atomic E-state index is 12.1. The Hall–Kier alpha value is -1.22. The lowest BCUT2D eigenvalue weighted by Crippen LogP contribution is -2.37. The number of hydrogen-bond donors (Lipinski definition) is 3. The fraction of sp³-hybridized carbons (Fsp3) is 0.333. The van der Waals surface area contributed by atoms with Crippen LogP contribution >= 0.6 is 23.8 Å². The van der Waals surface area contributed by atoms with Crippen molar-refractivity contribution in [3.05, 3.63) is 28.8 Å². The molecule has 0 atom stereocenters. The minimum atomic E-state index is -3.93. The van der Waals surface area contributed by atoms with Gasteiger partial charge < -0.3 is 11.1 Å². The van der Waals surface area contributed by atoms with E-state index < -0.39 is 15.9 Å². The lowest BCUT2D eigenvalue weighted by Gasteiger charge is -2.10. The van der Waals surface area contributed by atoms with E-state index in [1.54, 1.807) is 0 Å². The first-order chi connectivity index (χ1) is 9.77. The number of halogens is 1. The molecule has 0 fully saturated rings. The highest BCUT2D eigenvalue weighted by molar-refractivity contribution is 7.89. The van der Waals surface area contributed by atoms with Crippen molar-refractivity contribution in [2.75, 3.05) is 13.1 Å². The predicted octanol–water partition coefficient (Wildman–Crippen LogP) is 0.779. The van der Waals surface area contributed by atoms with E-state index in [4.69, 9.17) is 29.6 Å². The van der Waals surface area contributed by atoms with Crippen LogP contribution in [-0.2, 0) is 14.8 Å². The van der Waals surface area contributed by atoms with E-state index in [1.165, 1.54) is 18.2 Å². The molecule has 4 N–H and O–H groups in total. The third-order valence-corrected chi connectivity index (χ3v) is 4.62. The SMILES string of the molecule is CCCNC(=O)CNS(=O)(=O)c1cc(C(N)=S)ccc1Cl. The molecule has 116 valence electrons. The summed E-state index contributed by atoms with van der Waals surface area (Å²) in [6.45, 7) is 2.01. The van der Waals surface area contributed by atoms with E-state index >= 15 is 0 Å². The first-order valence-electron chi connectivity index (χ1n) is 6.13. The Morgan fingerprint density at radius 1 is 1.43 bits per heavy atom. The number of rotatable bonds is 7. The van der Waals surface area contributed by atoms with Crippen molar-refractivity contribution in [1.29, 1.82) is 0 Å². The molecular weight excluding hydrogens is 334 g/mol. The molecule has 0 aliphatic carbocycles. The van der Waals surface area contributed by atoms with Gasteiger partial charge in [0.1, 0.15) is 9.88 Å². The van der Waals surface area contributed by atoms with Crippen LogP contribution in [0.5, 0.6) is 0 Å². The monoisotopic (exact) mass is 349 g/mol. The zero-order valence-electron chi connectivity index (χ0n) is 11.3. The van der Waals surface area contributed by atoms with Crippen molar-refractivity contribution in [2.45, 2.75) is 18.2 Å². The highest BCUT2D eigenvalue weighted by Crippen LogP contribution is 2.22. The summed E-state index contributed by atoms with van der Waals surface area (Å²) in [7, 11) is -3.93. The number of thiocarbonyl (C=S) groups is 1. The average molecular weight is 350 g/mol. The molecule has 0 heterocycles. The second-order valence-electron chi connectivity index (χ2n) is 4.18. The smallest absolute Gasteiger partial charge is 0.242 e. The van der Waals surface area contributed by atoms with Crippen LogP contribution < -0.4 is 15.8 Å². The van der Waals surface area contributed by atoms with Gasteiger partial charge in [-0.25, -0.2) is 13.1 Å². The molecule has 1 amide bonds. The zero-order valence-corrected chi connectivity index (χ0v) is 13.7. The first-order valence-corrected chi connectivity index (χ1v) is 8.40. The number of carbonyl (C=O) groups excluding carboxylic acids is 1. The molecule has 0 unspecified atom stereocenters. The second-order valence-corrected chi connectivity index (χ2v) is 6.77. The Labute approximate surface area is 134 Å². The summed E-state index contributed by atoms with van der Waals surface area (Å²) < 4.78 is 26.5. The number of nitrogens with two attached hydrogens (primary N) is 1. The third kappa shape index (κ3) is 5.24. The molecule has 9 heteroatoms. The van der Waals surface area contributed by atoms with Gasteiger partial charge in [0.15, 0.2) is 0 Å². The normalized spacial score (nSPS) is 11.1. The summed E-state index contributed by atoms with van der Waals surface area (Å²) >= 11 is 10.7. The maximum Gasteiger partial charge on any atom is 0.242 e. The Morgan fingerprint density at radius 2 is 2.10 bits per heavy atom. The number of benzene rings is 1. The quantitative estimate of drug-likeness (QED) is 0.631. The zero-order chi connectivity index (χ0) is 16.0. The number of sulfonamides is 1. The fourth-order valence-corrected chi connectivity index (χ4v) is 3.06. The van der Waals surface area contributed by atoms with Gasteiger partial charge in [-0.15, -0.1) is 0 Å². The largest absolute Gasteiger partial charge is 0.389 e. The number of amides is 1. The summed E-state index contributed by atoms with van der Waals surface area (Å²) in [5.41, 5.74) is 5.84. The van der Waals surface area contributed by atoms with Gasteiger partial charge in [0.05, 0.1) is 11.6 Å². The van der Waals surface area contributed by atoms with Crippen LogP contribution in [0.25, 0.3) is 0 Å². The van der Waals surface area contributed by atoms with Crippen molar-refractivity contribution in [3.63, 3.8) is 0 Å². The van der Waals surface area contributed by atoms with Gasteiger partial charge >= 0.3 is 0 Å². The summed E-state index contributed by atoms with van der Waals surface area (Å²) in [4.78, 5) is 11.3. The van der Waals surface area contributed by atoms with Gasteiger partial charge in [0.2, 0.25) is 15.9 Å². The summed E-state index contributed by atoms with van der Waals surface area (Å²) in [5, 5.41) is 2.59. The van der Waals surface area contributed by atoms with E-state index in [2.05, 4.69) is 10.0 Å². The van der Waals surface area contributed by atoms with Gasteiger partial charge in [-0.1, -0.05) is 36.8 Å². The van der Waals surface area contributed by atoms with Gasteiger partial charge in [-0.3, -0.25) is 4.79 Å². The molecule has 0 saturated heterocycles. The fourth-order valence-electron chi connectivity index (χ4n) is 1.43. The average Bonchev–Trinajstić information content (AvgIpc) is 2.43. The van der Waals surface area contributed by atoms with E-state index in [9.17, 15) is 13.2 Å².